The van der Waals surface area contributed by atoms with E-state index in [9.17, 15) is 53.6 Å². The molecule has 2 heterocycles. The van der Waals surface area contributed by atoms with Gasteiger partial charge in [0.25, 0.3) is 0 Å². The molecule has 2 aliphatic heterocycles. The molecule has 0 radical (unpaired) electrons. The van der Waals surface area contributed by atoms with Crippen LogP contribution >= 0.6 is 7.82 Å². The first kappa shape index (κ1) is 113. The maximum atomic E-state index is 15.0. The highest BCUT2D eigenvalue weighted by Gasteiger charge is 2.53. The predicted octanol–water partition coefficient (Wildman–Crippen LogP) is 23.4. The van der Waals surface area contributed by atoms with Gasteiger partial charge in [-0.2, -0.15) is 0 Å². The van der Waals surface area contributed by atoms with Gasteiger partial charge in [0.15, 0.2) is 12.4 Å². The summed E-state index contributed by atoms with van der Waals surface area (Å²) in [5.41, 5.74) is 0. The highest BCUT2D eigenvalue weighted by atomic mass is 31.2. The van der Waals surface area contributed by atoms with Crippen molar-refractivity contribution in [1.29, 1.82) is 0 Å². The molecule has 0 aromatic carbocycles. The molecule has 2 amide bonds. The highest BCUT2D eigenvalue weighted by Crippen LogP contribution is 2.43. The second-order valence-corrected chi connectivity index (χ2v) is 37.0. The Balaban J connectivity index is 2.56. The van der Waals surface area contributed by atoms with E-state index in [1.807, 2.05) is 0 Å². The fourth-order valence-electron chi connectivity index (χ4n) is 16.9. The Labute approximate surface area is 730 Å². The van der Waals surface area contributed by atoms with Gasteiger partial charge in [0.2, 0.25) is 11.8 Å². The predicted molar refractivity (Wildman–Crippen MR) is 481 cm³/mol. The monoisotopic (exact) mass is 1730 g/mol. The van der Waals surface area contributed by atoms with E-state index in [2.05, 4.69) is 52.2 Å². The van der Waals surface area contributed by atoms with Gasteiger partial charge in [-0.25, -0.2) is 4.57 Å². The van der Waals surface area contributed by atoms with Crippen molar-refractivity contribution in [3.63, 3.8) is 0 Å². The average molecular weight is 1730 g/mol. The van der Waals surface area contributed by atoms with Crippen LogP contribution in [0.25, 0.3) is 0 Å². The van der Waals surface area contributed by atoms with E-state index in [-0.39, 0.29) is 31.7 Å². The maximum Gasteiger partial charge on any atom is 0.470 e. The number of phosphoric ester groups is 1. The number of aliphatic hydroxyl groups is 3. The highest BCUT2D eigenvalue weighted by molar-refractivity contribution is 7.46. The Morgan fingerprint density at radius 1 is 0.342 bits per heavy atom. The van der Waals surface area contributed by atoms with E-state index in [0.717, 1.165) is 180 Å². The molecule has 0 aromatic heterocycles. The minimum atomic E-state index is -5.55. The third-order valence-electron chi connectivity index (χ3n) is 24.4. The van der Waals surface area contributed by atoms with Crippen LogP contribution in [0.15, 0.2) is 0 Å². The molecule has 22 nitrogen and oxygen atoms in total. The minimum absolute atomic E-state index is 0.140. The number of hydrogen-bond donors (Lipinski definition) is 7. The molecule has 23 heteroatoms. The zero-order valence-corrected chi connectivity index (χ0v) is 78.4. The molecule has 2 fully saturated rings. The van der Waals surface area contributed by atoms with Gasteiger partial charge in [0.05, 0.1) is 44.6 Å². The molecule has 2 saturated heterocycles. The Hall–Kier alpha value is -3.31. The largest absolute Gasteiger partial charge is 0.470 e. The van der Waals surface area contributed by atoms with E-state index < -0.39 is 143 Å². The first-order valence-electron chi connectivity index (χ1n) is 50.2. The van der Waals surface area contributed by atoms with Crippen molar-refractivity contribution in [2.24, 2.45) is 0 Å². The number of rotatable bonds is 84. The summed E-state index contributed by atoms with van der Waals surface area (Å²) in [6, 6.07) is -2.87. The number of esters is 4. The maximum absolute atomic E-state index is 15.0. The van der Waals surface area contributed by atoms with Gasteiger partial charge < -0.3 is 68.9 Å². The minimum Gasteiger partial charge on any atom is -0.462 e. The van der Waals surface area contributed by atoms with Gasteiger partial charge in [-0.3, -0.25) is 33.3 Å². The van der Waals surface area contributed by atoms with Crippen LogP contribution in [0.4, 0.5) is 0 Å². The molecule has 0 aliphatic carbocycles. The summed E-state index contributed by atoms with van der Waals surface area (Å²) in [6.07, 6.45) is 50.1. The molecule has 7 N–H and O–H groups in total. The summed E-state index contributed by atoms with van der Waals surface area (Å²) >= 11 is 0. The summed E-state index contributed by atoms with van der Waals surface area (Å²) in [4.78, 5) is 106. The van der Waals surface area contributed by atoms with Crippen LogP contribution in [-0.2, 0) is 71.0 Å². The van der Waals surface area contributed by atoms with Crippen molar-refractivity contribution in [2.45, 2.75) is 571 Å². The van der Waals surface area contributed by atoms with Gasteiger partial charge >= 0.3 is 31.7 Å². The summed E-state index contributed by atoms with van der Waals surface area (Å²) in [6.45, 7) is 13.3. The lowest BCUT2D eigenvalue weighted by Gasteiger charge is -2.46. The topological polar surface area (TPSA) is 319 Å². The van der Waals surface area contributed by atoms with Crippen LogP contribution in [0, 0.1) is 0 Å². The summed E-state index contributed by atoms with van der Waals surface area (Å²) in [5.74, 6) is -3.52. The van der Waals surface area contributed by atoms with Crippen molar-refractivity contribution in [3.8, 4) is 0 Å². The van der Waals surface area contributed by atoms with Crippen LogP contribution in [0.2, 0.25) is 0 Å². The molecular weight excluding hydrogens is 1540 g/mol. The number of carbonyl (C=O) groups excluding carboxylic acids is 6. The van der Waals surface area contributed by atoms with Crippen LogP contribution in [-0.4, -0.2) is 153 Å². The normalized spacial score (nSPS) is 20.2. The second kappa shape index (κ2) is 76.9. The Morgan fingerprint density at radius 3 is 0.908 bits per heavy atom. The number of hydrogen-bond acceptors (Lipinski definition) is 18. The van der Waals surface area contributed by atoms with E-state index in [1.54, 1.807) is 6.92 Å². The second-order valence-electron chi connectivity index (χ2n) is 35.8. The number of nitrogens with one attached hydrogen (secondary N) is 2. The lowest BCUT2D eigenvalue weighted by Crippen LogP contribution is -2.67. The number of phosphoric acid groups is 1. The van der Waals surface area contributed by atoms with E-state index >= 15 is 4.79 Å². The third-order valence-corrected chi connectivity index (χ3v) is 24.9. The van der Waals surface area contributed by atoms with Crippen molar-refractivity contribution < 1.29 is 96.1 Å². The van der Waals surface area contributed by atoms with Gasteiger partial charge in [-0.1, -0.05) is 388 Å². The Bertz CT molecular complexity index is 2510. The summed E-state index contributed by atoms with van der Waals surface area (Å²) < 4.78 is 62.3. The zero-order valence-electron chi connectivity index (χ0n) is 77.5. The molecule has 5 unspecified atom stereocenters. The molecule has 0 spiro atoms. The molecule has 706 valence electrons. The number of amides is 2. The van der Waals surface area contributed by atoms with E-state index in [1.165, 1.54) is 173 Å². The van der Waals surface area contributed by atoms with Gasteiger partial charge in [0, 0.05) is 19.3 Å². The number of unbranched alkanes of at least 4 members (excludes halogenated alkanes) is 54. The fourth-order valence-corrected chi connectivity index (χ4v) is 17.5. The van der Waals surface area contributed by atoms with Crippen molar-refractivity contribution in [2.75, 3.05) is 13.2 Å². The molecule has 2 rings (SSSR count). The van der Waals surface area contributed by atoms with Crippen LogP contribution in [0.5, 0.6) is 0 Å². The zero-order chi connectivity index (χ0) is 87.7. The standard InChI is InChI=1S/C97H183N2O20P/c1-8-14-20-26-32-38-40-41-43-49-55-60-66-71-87(103)114-80(68-62-56-50-44-34-28-22-16-10-3)74-85(101)98-91-79(7)113-84(93(107)94(91)108)78-112-97-92(99-86(102)75-81(69-63-57-51-45-35-29-23-17-11-4)115-88(104)72-65-59-53-47-37-31-25-19-13-6)96(95(83(77-100)117-97)119-120(109,110)111)118-90(106)76-82(70-64-58-52-46-36-30-24-18-12-5)116-89(105)73-67-61-54-48-42-39-33-27-21-15-9-2/h79-84,91-97,100,107-108H,8-78H2,1-7H3,(H,98,101)(H,99,102)(H2,109,110,111)/t79?,80-,81-,82-,83?,84?,91?,92?,93-,94-,95-,96-,97-/m1/s1. The Kier molecular flexibility index (Phi) is 72.2. The molecule has 0 saturated carbocycles. The average Bonchev–Trinajstić information content (AvgIpc) is 0.777. The van der Waals surface area contributed by atoms with Gasteiger partial charge in [-0.15, -0.1) is 0 Å². The first-order chi connectivity index (χ1) is 58.2. The molecule has 2 aliphatic rings. The van der Waals surface area contributed by atoms with Crippen molar-refractivity contribution >= 4 is 43.5 Å². The lowest BCUT2D eigenvalue weighted by molar-refractivity contribution is -0.285. The number of ether oxygens (including phenoxy) is 7. The van der Waals surface area contributed by atoms with E-state index in [0.29, 0.717) is 51.4 Å². The number of aliphatic hydroxyl groups excluding tert-OH is 3. The van der Waals surface area contributed by atoms with Gasteiger partial charge in [-0.05, 0) is 64.7 Å². The first-order valence-corrected chi connectivity index (χ1v) is 51.8. The Morgan fingerprint density at radius 2 is 0.617 bits per heavy atom. The smallest absolute Gasteiger partial charge is 0.462 e. The molecule has 13 atom stereocenters. The molecule has 0 bridgehead atoms. The molecule has 120 heavy (non-hydrogen) atoms. The van der Waals surface area contributed by atoms with Gasteiger partial charge in [0.1, 0.15) is 54.9 Å². The SMILES string of the molecule is CCCCCCCCCCCCCCCC(=O)O[C@H](CCCCCCCCCCC)CC(=O)NC1C(C)OC(CO[C@@H]2OC(CO)[C@@H](OP(=O)(O)O)[C@H](OC(=O)C[C@@H](CCCCCCCCCCC)OC(=O)CCCCCCCCCCCCC)C2NC(=O)C[C@@H](CCCCCCCCCCC)OC(=O)CCCCCCCCCCC)[C@@H](O)[C@@H]1O. The third kappa shape index (κ3) is 60.4. The van der Waals surface area contributed by atoms with Crippen molar-refractivity contribution in [1.82, 2.24) is 10.6 Å². The summed E-state index contributed by atoms with van der Waals surface area (Å²) in [7, 11) is -5.55. The quantitative estimate of drug-likeness (QED) is 0.0129. The van der Waals surface area contributed by atoms with Crippen LogP contribution in [0.1, 0.15) is 492 Å². The van der Waals surface area contributed by atoms with E-state index in [4.69, 9.17) is 37.7 Å². The van der Waals surface area contributed by atoms with Crippen molar-refractivity contribution in [3.05, 3.63) is 0 Å². The fraction of sp³-hybridized carbons (Fsp3) is 0.938. The molecular formula is C97H183N2O20P. The molecule has 0 aromatic rings. The van der Waals surface area contributed by atoms with Crippen LogP contribution < -0.4 is 10.6 Å². The number of carbonyl (C=O) groups is 6. The summed E-state index contributed by atoms with van der Waals surface area (Å²) in [5, 5.41) is 40.8. The van der Waals surface area contributed by atoms with Crippen LogP contribution in [0.3, 0.4) is 0 Å². The lowest BCUT2D eigenvalue weighted by atomic mass is 9.93.